The van der Waals surface area contributed by atoms with Crippen LogP contribution in [0.15, 0.2) is 28.7 Å². The van der Waals surface area contributed by atoms with Gasteiger partial charge in [0.05, 0.1) is 5.60 Å². The molecule has 0 amide bonds. The molecule has 0 heterocycles. The number of nitrogens with one attached hydrogen (secondary N) is 1. The quantitative estimate of drug-likeness (QED) is 0.822. The Balaban J connectivity index is 2.68. The third-order valence-corrected chi connectivity index (χ3v) is 3.97. The van der Waals surface area contributed by atoms with Crippen LogP contribution in [0.25, 0.3) is 0 Å². The standard InChI is InChI=1S/C15H24BrNO/c1-15(2,18-4)10-9-13(11-17-3)12-5-7-14(16)8-6-12/h5-8,13,17H,9-11H2,1-4H3. The van der Waals surface area contributed by atoms with Crippen molar-refractivity contribution >= 4 is 15.9 Å². The fourth-order valence-corrected chi connectivity index (χ4v) is 2.26. The highest BCUT2D eigenvalue weighted by Gasteiger charge is 2.19. The van der Waals surface area contributed by atoms with Gasteiger partial charge in [-0.15, -0.1) is 0 Å². The summed E-state index contributed by atoms with van der Waals surface area (Å²) >= 11 is 3.48. The average molecular weight is 314 g/mol. The van der Waals surface area contributed by atoms with Crippen LogP contribution in [0.5, 0.6) is 0 Å². The molecule has 0 bridgehead atoms. The van der Waals surface area contributed by atoms with Gasteiger partial charge in [0.2, 0.25) is 0 Å². The minimum Gasteiger partial charge on any atom is -0.379 e. The van der Waals surface area contributed by atoms with E-state index in [1.54, 1.807) is 7.11 Å². The molecule has 1 atom stereocenters. The molecule has 18 heavy (non-hydrogen) atoms. The second-order valence-electron chi connectivity index (χ2n) is 5.31. The van der Waals surface area contributed by atoms with Gasteiger partial charge in [-0.25, -0.2) is 0 Å². The Morgan fingerprint density at radius 2 is 1.89 bits per heavy atom. The summed E-state index contributed by atoms with van der Waals surface area (Å²) in [6.45, 7) is 5.29. The maximum atomic E-state index is 5.49. The molecule has 2 nitrogen and oxygen atoms in total. The van der Waals surface area contributed by atoms with Crippen LogP contribution < -0.4 is 5.32 Å². The number of ether oxygens (including phenoxy) is 1. The zero-order chi connectivity index (χ0) is 13.6. The van der Waals surface area contributed by atoms with E-state index in [1.807, 2.05) is 7.05 Å². The van der Waals surface area contributed by atoms with Crippen LogP contribution in [-0.4, -0.2) is 26.3 Å². The molecule has 1 aromatic rings. The van der Waals surface area contributed by atoms with Gasteiger partial charge < -0.3 is 10.1 Å². The molecule has 0 radical (unpaired) electrons. The first-order valence-electron chi connectivity index (χ1n) is 6.44. The summed E-state index contributed by atoms with van der Waals surface area (Å²) < 4.78 is 6.62. The normalized spacial score (nSPS) is 13.6. The predicted molar refractivity (Wildman–Crippen MR) is 81.1 cm³/mol. The minimum atomic E-state index is -0.0403. The van der Waals surface area contributed by atoms with Crippen LogP contribution in [0.2, 0.25) is 0 Å². The Bertz CT molecular complexity index is 348. The third kappa shape index (κ3) is 5.09. The average Bonchev–Trinajstić information content (AvgIpc) is 2.36. The van der Waals surface area contributed by atoms with Gasteiger partial charge in [0, 0.05) is 18.1 Å². The van der Waals surface area contributed by atoms with Gasteiger partial charge in [-0.3, -0.25) is 0 Å². The van der Waals surface area contributed by atoms with E-state index in [-0.39, 0.29) is 5.60 Å². The van der Waals surface area contributed by atoms with Crippen molar-refractivity contribution in [3.05, 3.63) is 34.3 Å². The lowest BCUT2D eigenvalue weighted by Gasteiger charge is -2.26. The van der Waals surface area contributed by atoms with Gasteiger partial charge in [0.25, 0.3) is 0 Å². The Morgan fingerprint density at radius 3 is 2.39 bits per heavy atom. The number of methoxy groups -OCH3 is 1. The summed E-state index contributed by atoms with van der Waals surface area (Å²) in [6, 6.07) is 8.62. The number of benzene rings is 1. The lowest BCUT2D eigenvalue weighted by atomic mass is 9.89. The molecule has 1 aromatic carbocycles. The van der Waals surface area contributed by atoms with Crippen LogP contribution in [0, 0.1) is 0 Å². The number of hydrogen-bond acceptors (Lipinski definition) is 2. The summed E-state index contributed by atoms with van der Waals surface area (Å²) in [5.41, 5.74) is 1.35. The monoisotopic (exact) mass is 313 g/mol. The zero-order valence-electron chi connectivity index (χ0n) is 11.8. The van der Waals surface area contributed by atoms with Gasteiger partial charge in [-0.2, -0.15) is 0 Å². The van der Waals surface area contributed by atoms with Crippen molar-refractivity contribution in [1.29, 1.82) is 0 Å². The number of rotatable bonds is 7. The lowest BCUT2D eigenvalue weighted by molar-refractivity contribution is 0.0124. The third-order valence-electron chi connectivity index (χ3n) is 3.44. The molecule has 1 rings (SSSR count). The van der Waals surface area contributed by atoms with Gasteiger partial charge in [0.15, 0.2) is 0 Å². The molecule has 0 aliphatic rings. The Labute approximate surface area is 119 Å². The molecule has 0 aliphatic carbocycles. The first-order valence-corrected chi connectivity index (χ1v) is 7.23. The maximum Gasteiger partial charge on any atom is 0.0623 e. The molecule has 3 heteroatoms. The van der Waals surface area contributed by atoms with Gasteiger partial charge in [0.1, 0.15) is 0 Å². The molecular formula is C15H24BrNO. The van der Waals surface area contributed by atoms with E-state index in [1.165, 1.54) is 5.56 Å². The van der Waals surface area contributed by atoms with Crippen LogP contribution >= 0.6 is 15.9 Å². The van der Waals surface area contributed by atoms with Crippen LogP contribution in [-0.2, 0) is 4.74 Å². The zero-order valence-corrected chi connectivity index (χ0v) is 13.4. The van der Waals surface area contributed by atoms with Gasteiger partial charge in [-0.05, 0) is 57.4 Å². The number of likely N-dealkylation sites (N-methyl/N-ethyl adjacent to an activating group) is 1. The molecule has 0 saturated heterocycles. The van der Waals surface area contributed by atoms with Gasteiger partial charge >= 0.3 is 0 Å². The Morgan fingerprint density at radius 1 is 1.28 bits per heavy atom. The number of hydrogen-bond donors (Lipinski definition) is 1. The lowest BCUT2D eigenvalue weighted by Crippen LogP contribution is -2.25. The first kappa shape index (κ1) is 15.7. The van der Waals surface area contributed by atoms with E-state index in [9.17, 15) is 0 Å². The van der Waals surface area contributed by atoms with Crippen molar-refractivity contribution in [1.82, 2.24) is 5.32 Å². The second-order valence-corrected chi connectivity index (χ2v) is 6.22. The van der Waals surface area contributed by atoms with Crippen molar-refractivity contribution in [2.75, 3.05) is 20.7 Å². The molecule has 0 aromatic heterocycles. The molecule has 102 valence electrons. The largest absolute Gasteiger partial charge is 0.379 e. The summed E-state index contributed by atoms with van der Waals surface area (Å²) in [4.78, 5) is 0. The molecular weight excluding hydrogens is 290 g/mol. The molecule has 0 aliphatic heterocycles. The Hall–Kier alpha value is -0.380. The van der Waals surface area contributed by atoms with Crippen molar-refractivity contribution in [3.8, 4) is 0 Å². The second kappa shape index (κ2) is 7.27. The molecule has 1 N–H and O–H groups in total. The fraction of sp³-hybridized carbons (Fsp3) is 0.600. The van der Waals surface area contributed by atoms with Crippen molar-refractivity contribution in [3.63, 3.8) is 0 Å². The molecule has 1 unspecified atom stereocenters. The minimum absolute atomic E-state index is 0.0403. The highest BCUT2D eigenvalue weighted by Crippen LogP contribution is 2.26. The topological polar surface area (TPSA) is 21.3 Å². The molecule has 0 saturated carbocycles. The molecule has 0 spiro atoms. The van der Waals surface area contributed by atoms with Crippen molar-refractivity contribution < 1.29 is 4.74 Å². The van der Waals surface area contributed by atoms with E-state index in [4.69, 9.17) is 4.74 Å². The van der Waals surface area contributed by atoms with Gasteiger partial charge in [-0.1, -0.05) is 28.1 Å². The van der Waals surface area contributed by atoms with E-state index >= 15 is 0 Å². The van der Waals surface area contributed by atoms with E-state index in [0.717, 1.165) is 23.9 Å². The van der Waals surface area contributed by atoms with E-state index in [0.29, 0.717) is 5.92 Å². The summed E-state index contributed by atoms with van der Waals surface area (Å²) in [6.07, 6.45) is 2.19. The highest BCUT2D eigenvalue weighted by molar-refractivity contribution is 9.10. The predicted octanol–water partition coefficient (Wildman–Crippen LogP) is 3.96. The van der Waals surface area contributed by atoms with Crippen molar-refractivity contribution in [2.45, 2.75) is 38.2 Å². The molecule has 0 fully saturated rings. The summed E-state index contributed by atoms with van der Waals surface area (Å²) in [5.74, 6) is 0.539. The maximum absolute atomic E-state index is 5.49. The smallest absolute Gasteiger partial charge is 0.0623 e. The Kier molecular flexibility index (Phi) is 6.33. The van der Waals surface area contributed by atoms with Crippen LogP contribution in [0.4, 0.5) is 0 Å². The van der Waals surface area contributed by atoms with Crippen LogP contribution in [0.3, 0.4) is 0 Å². The van der Waals surface area contributed by atoms with Crippen molar-refractivity contribution in [2.24, 2.45) is 0 Å². The van der Waals surface area contributed by atoms with E-state index < -0.39 is 0 Å². The number of halogens is 1. The van der Waals surface area contributed by atoms with Crippen LogP contribution in [0.1, 0.15) is 38.2 Å². The fourth-order valence-electron chi connectivity index (χ4n) is 1.99. The first-order chi connectivity index (χ1) is 8.48. The SMILES string of the molecule is CNCC(CCC(C)(C)OC)c1ccc(Br)cc1. The summed E-state index contributed by atoms with van der Waals surface area (Å²) in [5, 5.41) is 3.28. The van der Waals surface area contributed by atoms with E-state index in [2.05, 4.69) is 59.4 Å². The summed E-state index contributed by atoms with van der Waals surface area (Å²) in [7, 11) is 3.79. The highest BCUT2D eigenvalue weighted by atomic mass is 79.9.